The van der Waals surface area contributed by atoms with Crippen LogP contribution in [0.25, 0.3) is 0 Å². The summed E-state index contributed by atoms with van der Waals surface area (Å²) in [6, 6.07) is -0.605. The summed E-state index contributed by atoms with van der Waals surface area (Å²) >= 11 is 0. The number of aliphatic hydroxyl groups is 3. The van der Waals surface area contributed by atoms with Gasteiger partial charge in [-0.2, -0.15) is 0 Å². The second kappa shape index (κ2) is 3.22. The molecule has 0 amide bonds. The minimum Gasteiger partial charge on any atom is -0.547 e. The lowest BCUT2D eigenvalue weighted by molar-refractivity contribution is -0.460. The maximum Gasteiger partial charge on any atom is 0.161 e. The molecule has 1 aliphatic rings. The molecule has 0 bridgehead atoms. The van der Waals surface area contributed by atoms with E-state index in [1.165, 1.54) is 0 Å². The van der Waals surface area contributed by atoms with Crippen molar-refractivity contribution >= 4 is 5.97 Å². The second-order valence-electron chi connectivity index (χ2n) is 3.41. The normalized spacial score (nSPS) is 46.0. The number of carboxylic acids is 1. The highest BCUT2D eigenvalue weighted by atomic mass is 16.4. The van der Waals surface area contributed by atoms with Crippen LogP contribution in [0.4, 0.5) is 0 Å². The van der Waals surface area contributed by atoms with Gasteiger partial charge < -0.3 is 31.0 Å². The van der Waals surface area contributed by atoms with Gasteiger partial charge in [0.2, 0.25) is 0 Å². The van der Waals surface area contributed by atoms with E-state index in [2.05, 4.69) is 5.73 Å². The Bertz CT molecular complexity index is 221. The first-order valence-corrected chi connectivity index (χ1v) is 4.03. The molecule has 13 heavy (non-hydrogen) atoms. The third kappa shape index (κ3) is 1.42. The fourth-order valence-electron chi connectivity index (χ4n) is 1.56. The predicted molar refractivity (Wildman–Crippen MR) is 37.9 cm³/mol. The number of carboxylic acid groups (broad SMARTS) is 1. The van der Waals surface area contributed by atoms with Crippen molar-refractivity contribution in [1.29, 1.82) is 0 Å². The molecule has 0 spiro atoms. The molecular weight excluding hydrogens is 178 g/mol. The first-order chi connectivity index (χ1) is 5.90. The summed E-state index contributed by atoms with van der Waals surface area (Å²) in [6.07, 6.45) is -2.61. The van der Waals surface area contributed by atoms with Gasteiger partial charge in [-0.3, -0.25) is 0 Å². The number of quaternary nitrogens is 1. The number of hydrogen-bond acceptors (Lipinski definition) is 5. The molecule has 0 radical (unpaired) electrons. The molecule has 6 N–H and O–H groups in total. The molecule has 6 nitrogen and oxygen atoms in total. The third-order valence-electron chi connectivity index (χ3n) is 2.54. The molecule has 0 aromatic heterocycles. The quantitative estimate of drug-likeness (QED) is 0.332. The van der Waals surface area contributed by atoms with Crippen molar-refractivity contribution in [1.82, 2.24) is 0 Å². The van der Waals surface area contributed by atoms with Crippen LogP contribution in [0.3, 0.4) is 0 Å². The number of aliphatic hydroxyl groups excluding tert-OH is 2. The van der Waals surface area contributed by atoms with E-state index in [0.29, 0.717) is 6.42 Å². The second-order valence-corrected chi connectivity index (χ2v) is 3.41. The SMILES string of the molecule is [NH3+][C@H]1CC[C@@H](O)[C@@](O)(C(=O)[O-])[C@@H]1O. The van der Waals surface area contributed by atoms with E-state index in [4.69, 9.17) is 0 Å². The van der Waals surface area contributed by atoms with Gasteiger partial charge in [0, 0.05) is 6.42 Å². The Kier molecular flexibility index (Phi) is 2.58. The number of carbonyl (C=O) groups excluding carboxylic acids is 1. The Labute approximate surface area is 74.6 Å². The van der Waals surface area contributed by atoms with Crippen molar-refractivity contribution in [2.75, 3.05) is 0 Å². The van der Waals surface area contributed by atoms with E-state index in [0.717, 1.165) is 0 Å². The fraction of sp³-hybridized carbons (Fsp3) is 0.857. The monoisotopic (exact) mass is 191 g/mol. The Morgan fingerprint density at radius 1 is 1.46 bits per heavy atom. The molecule has 4 atom stereocenters. The summed E-state index contributed by atoms with van der Waals surface area (Å²) in [4.78, 5) is 10.5. The average molecular weight is 191 g/mol. The largest absolute Gasteiger partial charge is 0.547 e. The zero-order valence-corrected chi connectivity index (χ0v) is 7.01. The van der Waals surface area contributed by atoms with Crippen molar-refractivity contribution < 1.29 is 31.0 Å². The third-order valence-corrected chi connectivity index (χ3v) is 2.54. The van der Waals surface area contributed by atoms with Crippen LogP contribution in [-0.4, -0.2) is 45.1 Å². The topological polar surface area (TPSA) is 128 Å². The number of carbonyl (C=O) groups is 1. The van der Waals surface area contributed by atoms with Gasteiger partial charge in [0.1, 0.15) is 12.1 Å². The molecular formula is C7H13NO5. The molecule has 1 saturated carbocycles. The summed E-state index contributed by atoms with van der Waals surface area (Å²) in [6.45, 7) is 0. The average Bonchev–Trinajstić information content (AvgIpc) is 2.08. The van der Waals surface area contributed by atoms with E-state index in [9.17, 15) is 25.2 Å². The van der Waals surface area contributed by atoms with Crippen molar-refractivity contribution in [3.63, 3.8) is 0 Å². The highest BCUT2D eigenvalue weighted by molar-refractivity contribution is 5.77. The minimum atomic E-state index is -2.58. The zero-order chi connectivity index (χ0) is 10.2. The van der Waals surface area contributed by atoms with Crippen LogP contribution in [0.15, 0.2) is 0 Å². The maximum absolute atomic E-state index is 10.5. The number of rotatable bonds is 1. The Hall–Kier alpha value is -0.690. The van der Waals surface area contributed by atoms with Crippen molar-refractivity contribution in [2.24, 2.45) is 0 Å². The van der Waals surface area contributed by atoms with Crippen LogP contribution in [0.2, 0.25) is 0 Å². The van der Waals surface area contributed by atoms with E-state index < -0.39 is 29.8 Å². The molecule has 0 aliphatic heterocycles. The lowest BCUT2D eigenvalue weighted by atomic mass is 9.77. The first kappa shape index (κ1) is 10.4. The lowest BCUT2D eigenvalue weighted by Crippen LogP contribution is -2.78. The van der Waals surface area contributed by atoms with Crippen molar-refractivity contribution in [2.45, 2.75) is 36.7 Å². The highest BCUT2D eigenvalue weighted by Gasteiger charge is 2.51. The molecule has 0 heterocycles. The Morgan fingerprint density at radius 3 is 2.38 bits per heavy atom. The number of hydrogen-bond donors (Lipinski definition) is 4. The molecule has 0 aromatic rings. The van der Waals surface area contributed by atoms with E-state index in [-0.39, 0.29) is 6.42 Å². The van der Waals surface area contributed by atoms with Gasteiger partial charge in [0.15, 0.2) is 5.60 Å². The first-order valence-electron chi connectivity index (χ1n) is 4.03. The molecule has 1 fully saturated rings. The standard InChI is InChI=1S/C7H13NO5/c8-3-1-2-4(9)7(13,5(3)10)6(11)12/h3-5,9-10,13H,1-2,8H2,(H,11,12)/t3-,4+,5+,7-/m0/s1. The summed E-state index contributed by atoms with van der Waals surface area (Å²) in [5.41, 5.74) is 0.900. The van der Waals surface area contributed by atoms with E-state index in [1.807, 2.05) is 0 Å². The molecule has 0 aromatic carbocycles. The molecule has 6 heteroatoms. The van der Waals surface area contributed by atoms with Crippen LogP contribution in [0.1, 0.15) is 12.8 Å². The van der Waals surface area contributed by atoms with Crippen LogP contribution in [0.5, 0.6) is 0 Å². The minimum absolute atomic E-state index is 0.0930. The summed E-state index contributed by atoms with van der Waals surface area (Å²) in [7, 11) is 0. The van der Waals surface area contributed by atoms with Crippen LogP contribution < -0.4 is 10.8 Å². The molecule has 76 valence electrons. The lowest BCUT2D eigenvalue weighted by Gasteiger charge is -2.42. The zero-order valence-electron chi connectivity index (χ0n) is 7.01. The Balaban J connectivity index is 2.95. The molecule has 1 aliphatic carbocycles. The predicted octanol–water partition coefficient (Wildman–Crippen LogP) is -4.41. The van der Waals surface area contributed by atoms with Gasteiger partial charge in [-0.15, -0.1) is 0 Å². The summed E-state index contributed by atoms with van der Waals surface area (Å²) < 4.78 is 0. The number of aliphatic carboxylic acids is 1. The van der Waals surface area contributed by atoms with Gasteiger partial charge in [0.05, 0.1) is 12.1 Å². The maximum atomic E-state index is 10.5. The van der Waals surface area contributed by atoms with Crippen LogP contribution in [0, 0.1) is 0 Å². The summed E-state index contributed by atoms with van der Waals surface area (Å²) in [5, 5.41) is 38.6. The van der Waals surface area contributed by atoms with E-state index >= 15 is 0 Å². The van der Waals surface area contributed by atoms with Crippen molar-refractivity contribution in [3.05, 3.63) is 0 Å². The molecule has 0 unspecified atom stereocenters. The van der Waals surface area contributed by atoms with E-state index in [1.54, 1.807) is 0 Å². The van der Waals surface area contributed by atoms with Gasteiger partial charge in [-0.05, 0) is 6.42 Å². The van der Waals surface area contributed by atoms with Crippen LogP contribution >= 0.6 is 0 Å². The summed E-state index contributed by atoms with van der Waals surface area (Å²) in [5.74, 6) is -1.86. The van der Waals surface area contributed by atoms with Gasteiger partial charge in [0.25, 0.3) is 0 Å². The van der Waals surface area contributed by atoms with Gasteiger partial charge in [-0.1, -0.05) is 0 Å². The van der Waals surface area contributed by atoms with Crippen molar-refractivity contribution in [3.8, 4) is 0 Å². The highest BCUT2D eigenvalue weighted by Crippen LogP contribution is 2.27. The van der Waals surface area contributed by atoms with Crippen LogP contribution in [-0.2, 0) is 4.79 Å². The van der Waals surface area contributed by atoms with Gasteiger partial charge in [-0.25, -0.2) is 0 Å². The van der Waals surface area contributed by atoms with Gasteiger partial charge >= 0.3 is 0 Å². The fourth-order valence-corrected chi connectivity index (χ4v) is 1.56. The smallest absolute Gasteiger partial charge is 0.161 e. The molecule has 1 rings (SSSR count). The molecule has 0 saturated heterocycles. The Morgan fingerprint density at radius 2 is 2.00 bits per heavy atom.